The SMILES string of the molecule is CC(C)[C@@H](NC(=O)c1ccc(F)cc1)C(=O)OCC(=O)Nc1ncc(Cl)cc1Cl. The van der Waals surface area contributed by atoms with Gasteiger partial charge in [0, 0.05) is 11.8 Å². The second kappa shape index (κ2) is 10.2. The molecule has 0 aliphatic rings. The molecule has 2 rings (SSSR count). The summed E-state index contributed by atoms with van der Waals surface area (Å²) >= 11 is 11.6. The molecule has 1 aromatic heterocycles. The molecule has 29 heavy (non-hydrogen) atoms. The lowest BCUT2D eigenvalue weighted by Crippen LogP contribution is -2.45. The largest absolute Gasteiger partial charge is 0.454 e. The number of carbonyl (C=O) groups excluding carboxylic acids is 3. The van der Waals surface area contributed by atoms with Crippen LogP contribution in [0.25, 0.3) is 0 Å². The maximum atomic E-state index is 13.0. The first-order chi connectivity index (χ1) is 13.7. The van der Waals surface area contributed by atoms with Crippen molar-refractivity contribution < 1.29 is 23.5 Å². The van der Waals surface area contributed by atoms with Gasteiger partial charge in [0.05, 0.1) is 10.0 Å². The smallest absolute Gasteiger partial charge is 0.329 e. The first-order valence-corrected chi connectivity index (χ1v) is 9.27. The van der Waals surface area contributed by atoms with E-state index in [-0.39, 0.29) is 22.3 Å². The molecule has 1 heterocycles. The highest BCUT2D eigenvalue weighted by atomic mass is 35.5. The van der Waals surface area contributed by atoms with E-state index in [0.717, 1.165) is 12.1 Å². The average Bonchev–Trinajstić information content (AvgIpc) is 2.66. The van der Waals surface area contributed by atoms with Gasteiger partial charge in [-0.05, 0) is 36.2 Å². The zero-order valence-corrected chi connectivity index (χ0v) is 17.1. The summed E-state index contributed by atoms with van der Waals surface area (Å²) in [7, 11) is 0. The third-order valence-electron chi connectivity index (χ3n) is 3.72. The van der Waals surface area contributed by atoms with Crippen LogP contribution in [-0.2, 0) is 14.3 Å². The number of hydrogen-bond acceptors (Lipinski definition) is 5. The molecule has 10 heteroatoms. The Morgan fingerprint density at radius 2 is 1.83 bits per heavy atom. The zero-order valence-electron chi connectivity index (χ0n) is 15.5. The molecule has 1 aromatic carbocycles. The van der Waals surface area contributed by atoms with Crippen LogP contribution in [0.3, 0.4) is 0 Å². The van der Waals surface area contributed by atoms with E-state index in [4.69, 9.17) is 27.9 Å². The van der Waals surface area contributed by atoms with Gasteiger partial charge in [0.2, 0.25) is 0 Å². The molecule has 0 fully saturated rings. The van der Waals surface area contributed by atoms with Crippen molar-refractivity contribution >= 4 is 46.8 Å². The number of carbonyl (C=O) groups is 3. The van der Waals surface area contributed by atoms with Crippen LogP contribution in [0.5, 0.6) is 0 Å². The Kier molecular flexibility index (Phi) is 7.92. The molecular formula is C19H18Cl2FN3O4. The van der Waals surface area contributed by atoms with Crippen molar-refractivity contribution in [3.8, 4) is 0 Å². The minimum atomic E-state index is -1.00. The Bertz CT molecular complexity index is 907. The average molecular weight is 442 g/mol. The number of ether oxygens (including phenoxy) is 1. The summed E-state index contributed by atoms with van der Waals surface area (Å²) in [6.45, 7) is 2.80. The predicted molar refractivity (Wildman–Crippen MR) is 106 cm³/mol. The minimum absolute atomic E-state index is 0.0714. The Morgan fingerprint density at radius 1 is 1.17 bits per heavy atom. The molecule has 2 N–H and O–H groups in total. The summed E-state index contributed by atoms with van der Waals surface area (Å²) in [4.78, 5) is 40.4. The van der Waals surface area contributed by atoms with Gasteiger partial charge in [0.25, 0.3) is 11.8 Å². The van der Waals surface area contributed by atoms with Gasteiger partial charge in [-0.15, -0.1) is 0 Å². The monoisotopic (exact) mass is 441 g/mol. The Hall–Kier alpha value is -2.71. The zero-order chi connectivity index (χ0) is 21.6. The van der Waals surface area contributed by atoms with E-state index >= 15 is 0 Å². The van der Waals surface area contributed by atoms with Gasteiger partial charge in [-0.2, -0.15) is 0 Å². The van der Waals surface area contributed by atoms with E-state index < -0.39 is 36.2 Å². The van der Waals surface area contributed by atoms with Gasteiger partial charge in [-0.25, -0.2) is 14.2 Å². The van der Waals surface area contributed by atoms with Crippen LogP contribution in [0.1, 0.15) is 24.2 Å². The van der Waals surface area contributed by atoms with Gasteiger partial charge < -0.3 is 15.4 Å². The highest BCUT2D eigenvalue weighted by molar-refractivity contribution is 6.36. The van der Waals surface area contributed by atoms with E-state index in [0.29, 0.717) is 5.02 Å². The highest BCUT2D eigenvalue weighted by Crippen LogP contribution is 2.22. The summed E-state index contributed by atoms with van der Waals surface area (Å²) in [5.41, 5.74) is 0.186. The molecule has 0 aliphatic carbocycles. The highest BCUT2D eigenvalue weighted by Gasteiger charge is 2.27. The van der Waals surface area contributed by atoms with Crippen molar-refractivity contribution in [3.05, 3.63) is 58.0 Å². The minimum Gasteiger partial charge on any atom is -0.454 e. The summed E-state index contributed by atoms with van der Waals surface area (Å²) in [5, 5.41) is 5.35. The van der Waals surface area contributed by atoms with Crippen LogP contribution in [0.15, 0.2) is 36.5 Å². The maximum absolute atomic E-state index is 13.0. The Balaban J connectivity index is 1.94. The quantitative estimate of drug-likeness (QED) is 0.641. The summed E-state index contributed by atoms with van der Waals surface area (Å²) in [6, 6.07) is 5.26. The van der Waals surface area contributed by atoms with Crippen LogP contribution in [-0.4, -0.2) is 35.4 Å². The van der Waals surface area contributed by atoms with Crippen LogP contribution >= 0.6 is 23.2 Å². The van der Waals surface area contributed by atoms with Crippen LogP contribution < -0.4 is 10.6 Å². The lowest BCUT2D eigenvalue weighted by atomic mass is 10.0. The number of rotatable bonds is 7. The van der Waals surface area contributed by atoms with Gasteiger partial charge in [-0.3, -0.25) is 9.59 Å². The van der Waals surface area contributed by atoms with E-state index in [9.17, 15) is 18.8 Å². The van der Waals surface area contributed by atoms with Crippen molar-refractivity contribution in [2.24, 2.45) is 5.92 Å². The second-order valence-electron chi connectivity index (χ2n) is 6.34. The van der Waals surface area contributed by atoms with Crippen LogP contribution in [0.4, 0.5) is 10.2 Å². The van der Waals surface area contributed by atoms with E-state index in [1.54, 1.807) is 13.8 Å². The van der Waals surface area contributed by atoms with E-state index in [1.165, 1.54) is 24.4 Å². The number of hydrogen-bond donors (Lipinski definition) is 2. The number of nitrogens with one attached hydrogen (secondary N) is 2. The van der Waals surface area contributed by atoms with Crippen molar-refractivity contribution in [2.75, 3.05) is 11.9 Å². The number of halogens is 3. The van der Waals surface area contributed by atoms with Crippen molar-refractivity contribution in [2.45, 2.75) is 19.9 Å². The molecule has 0 spiro atoms. The molecule has 0 unspecified atom stereocenters. The van der Waals surface area contributed by atoms with Crippen LogP contribution in [0.2, 0.25) is 10.0 Å². The molecule has 1 atom stereocenters. The molecule has 154 valence electrons. The first kappa shape index (κ1) is 22.6. The van der Waals surface area contributed by atoms with Gasteiger partial charge in [0.1, 0.15) is 11.9 Å². The molecule has 0 saturated carbocycles. The predicted octanol–water partition coefficient (Wildman–Crippen LogP) is 3.46. The Morgan fingerprint density at radius 3 is 2.41 bits per heavy atom. The topological polar surface area (TPSA) is 97.4 Å². The maximum Gasteiger partial charge on any atom is 0.329 e. The van der Waals surface area contributed by atoms with Gasteiger partial charge in [0.15, 0.2) is 12.4 Å². The number of nitrogens with zero attached hydrogens (tertiary/aromatic N) is 1. The molecule has 0 radical (unpaired) electrons. The molecule has 0 bridgehead atoms. The molecule has 7 nitrogen and oxygen atoms in total. The lowest BCUT2D eigenvalue weighted by molar-refractivity contribution is -0.150. The van der Waals surface area contributed by atoms with Gasteiger partial charge >= 0.3 is 5.97 Å². The normalized spacial score (nSPS) is 11.7. The van der Waals surface area contributed by atoms with Crippen molar-refractivity contribution in [3.63, 3.8) is 0 Å². The third-order valence-corrected chi connectivity index (χ3v) is 4.22. The van der Waals surface area contributed by atoms with Crippen LogP contribution in [0, 0.1) is 11.7 Å². The number of esters is 1. The molecule has 0 aliphatic heterocycles. The number of benzene rings is 1. The molecule has 2 aromatic rings. The summed E-state index contributed by atoms with van der Waals surface area (Å²) < 4.78 is 18.0. The van der Waals surface area contributed by atoms with Gasteiger partial charge in [-0.1, -0.05) is 37.0 Å². The molecule has 0 saturated heterocycles. The number of anilines is 1. The van der Waals surface area contributed by atoms with Crippen molar-refractivity contribution in [1.82, 2.24) is 10.3 Å². The number of pyridine rings is 1. The summed E-state index contributed by atoms with van der Waals surface area (Å²) in [6.07, 6.45) is 1.30. The lowest BCUT2D eigenvalue weighted by Gasteiger charge is -2.20. The van der Waals surface area contributed by atoms with E-state index in [2.05, 4.69) is 15.6 Å². The van der Waals surface area contributed by atoms with E-state index in [1.807, 2.05) is 0 Å². The number of aromatic nitrogens is 1. The molecular weight excluding hydrogens is 424 g/mol. The standard InChI is InChI=1S/C19H18Cl2FN3O4/c1-10(2)16(25-18(27)11-3-5-13(22)6-4-11)19(28)29-9-15(26)24-17-14(21)7-12(20)8-23-17/h3-8,10,16H,9H2,1-2H3,(H,25,27)(H,23,24,26)/t16-/m1/s1. The van der Waals surface area contributed by atoms with Crippen molar-refractivity contribution in [1.29, 1.82) is 0 Å². The first-order valence-electron chi connectivity index (χ1n) is 8.51. The molecule has 2 amide bonds. The fourth-order valence-electron chi connectivity index (χ4n) is 2.22. The Labute approximate surface area is 176 Å². The fourth-order valence-corrected chi connectivity index (χ4v) is 2.65. The second-order valence-corrected chi connectivity index (χ2v) is 7.19. The number of amides is 2. The third kappa shape index (κ3) is 6.69. The fraction of sp³-hybridized carbons (Fsp3) is 0.263. The summed E-state index contributed by atoms with van der Waals surface area (Å²) in [5.74, 6) is -2.75.